The van der Waals surface area contributed by atoms with Gasteiger partial charge in [0.2, 0.25) is 0 Å². The summed E-state index contributed by atoms with van der Waals surface area (Å²) in [5.74, 6) is -0.591. The summed E-state index contributed by atoms with van der Waals surface area (Å²) in [5, 5.41) is 11.9. The van der Waals surface area contributed by atoms with E-state index in [9.17, 15) is 4.79 Å². The molecule has 86 valence electrons. The minimum Gasteiger partial charge on any atom is -0.476 e. The fourth-order valence-corrected chi connectivity index (χ4v) is 1.60. The Morgan fingerprint density at radius 1 is 1.56 bits per heavy atom. The lowest BCUT2D eigenvalue weighted by Gasteiger charge is -2.23. The highest BCUT2D eigenvalue weighted by molar-refractivity contribution is 5.85. The Bertz CT molecular complexity index is 377. The van der Waals surface area contributed by atoms with Gasteiger partial charge in [0.05, 0.1) is 25.0 Å². The van der Waals surface area contributed by atoms with Gasteiger partial charge < -0.3 is 15.2 Å². The molecular weight excluding hydrogens is 210 g/mol. The second-order valence-corrected chi connectivity index (χ2v) is 3.65. The van der Waals surface area contributed by atoms with E-state index >= 15 is 0 Å². The molecule has 0 radical (unpaired) electrons. The van der Waals surface area contributed by atoms with Gasteiger partial charge in [0.1, 0.15) is 5.82 Å². The van der Waals surface area contributed by atoms with Gasteiger partial charge in [-0.05, 0) is 12.8 Å². The molecule has 1 atom stereocenters. The number of anilines is 1. The number of nitrogens with zero attached hydrogens (tertiary/aromatic N) is 2. The highest BCUT2D eigenvalue weighted by atomic mass is 16.5. The first kappa shape index (κ1) is 10.8. The number of aromatic nitrogens is 2. The van der Waals surface area contributed by atoms with Crippen LogP contribution in [0, 0.1) is 0 Å². The minimum absolute atomic E-state index is 0.0540. The van der Waals surface area contributed by atoms with Crippen LogP contribution in [-0.4, -0.2) is 40.3 Å². The lowest BCUT2D eigenvalue weighted by Crippen LogP contribution is -2.30. The molecule has 1 aromatic rings. The molecule has 6 nitrogen and oxygen atoms in total. The monoisotopic (exact) mass is 223 g/mol. The SMILES string of the molecule is O=C(O)c1cncc(NC2CCCOC2)n1. The third-order valence-corrected chi connectivity index (χ3v) is 2.37. The molecule has 1 aliphatic rings. The van der Waals surface area contributed by atoms with Crippen LogP contribution >= 0.6 is 0 Å². The summed E-state index contributed by atoms with van der Waals surface area (Å²) >= 11 is 0. The Balaban J connectivity index is 2.02. The molecule has 2 N–H and O–H groups in total. The molecule has 0 saturated carbocycles. The van der Waals surface area contributed by atoms with Crippen molar-refractivity contribution in [3.8, 4) is 0 Å². The summed E-state index contributed by atoms with van der Waals surface area (Å²) in [7, 11) is 0. The number of nitrogens with one attached hydrogen (secondary N) is 1. The van der Waals surface area contributed by atoms with Crippen LogP contribution in [0.4, 0.5) is 5.82 Å². The van der Waals surface area contributed by atoms with Gasteiger partial charge >= 0.3 is 5.97 Å². The Morgan fingerprint density at radius 3 is 3.12 bits per heavy atom. The van der Waals surface area contributed by atoms with Crippen LogP contribution < -0.4 is 5.32 Å². The van der Waals surface area contributed by atoms with Crippen LogP contribution in [0.2, 0.25) is 0 Å². The Morgan fingerprint density at radius 2 is 2.44 bits per heavy atom. The topological polar surface area (TPSA) is 84.3 Å². The molecule has 1 unspecified atom stereocenters. The molecule has 2 rings (SSSR count). The first-order chi connectivity index (χ1) is 7.75. The molecule has 16 heavy (non-hydrogen) atoms. The zero-order chi connectivity index (χ0) is 11.4. The molecule has 2 heterocycles. The molecule has 0 spiro atoms. The first-order valence-corrected chi connectivity index (χ1v) is 5.15. The minimum atomic E-state index is -1.07. The van der Waals surface area contributed by atoms with Crippen LogP contribution in [0.25, 0.3) is 0 Å². The van der Waals surface area contributed by atoms with Crippen molar-refractivity contribution in [1.29, 1.82) is 0 Å². The number of hydrogen-bond acceptors (Lipinski definition) is 5. The average molecular weight is 223 g/mol. The standard InChI is InChI=1S/C10H13N3O3/c14-10(15)8-4-11-5-9(13-8)12-7-2-1-3-16-6-7/h4-5,7H,1-3,6H2,(H,12,13)(H,14,15). The molecule has 1 saturated heterocycles. The molecule has 1 aliphatic heterocycles. The van der Waals surface area contributed by atoms with E-state index in [0.29, 0.717) is 12.4 Å². The third kappa shape index (κ3) is 2.66. The van der Waals surface area contributed by atoms with Crippen LogP contribution in [-0.2, 0) is 4.74 Å². The molecule has 0 aromatic carbocycles. The van der Waals surface area contributed by atoms with E-state index in [2.05, 4.69) is 15.3 Å². The van der Waals surface area contributed by atoms with Crippen molar-refractivity contribution in [3.63, 3.8) is 0 Å². The van der Waals surface area contributed by atoms with Crippen molar-refractivity contribution < 1.29 is 14.6 Å². The van der Waals surface area contributed by atoms with Gasteiger partial charge in [-0.2, -0.15) is 0 Å². The van der Waals surface area contributed by atoms with Gasteiger partial charge in [-0.3, -0.25) is 4.98 Å². The highest BCUT2D eigenvalue weighted by Crippen LogP contribution is 2.11. The largest absolute Gasteiger partial charge is 0.476 e. The fourth-order valence-electron chi connectivity index (χ4n) is 1.60. The number of hydrogen-bond donors (Lipinski definition) is 2. The highest BCUT2D eigenvalue weighted by Gasteiger charge is 2.14. The summed E-state index contributed by atoms with van der Waals surface area (Å²) in [6.07, 6.45) is 4.74. The summed E-state index contributed by atoms with van der Waals surface area (Å²) in [4.78, 5) is 18.5. The van der Waals surface area contributed by atoms with E-state index in [1.807, 2.05) is 0 Å². The van der Waals surface area contributed by atoms with E-state index < -0.39 is 5.97 Å². The normalized spacial score (nSPS) is 20.4. The Hall–Kier alpha value is -1.69. The number of aromatic carboxylic acids is 1. The lowest BCUT2D eigenvalue weighted by molar-refractivity contribution is 0.0690. The zero-order valence-electron chi connectivity index (χ0n) is 8.72. The molecule has 0 aliphatic carbocycles. The van der Waals surface area contributed by atoms with Crippen LogP contribution in [0.5, 0.6) is 0 Å². The molecule has 0 amide bonds. The van der Waals surface area contributed by atoms with E-state index in [1.165, 1.54) is 12.4 Å². The van der Waals surface area contributed by atoms with Crippen LogP contribution in [0.1, 0.15) is 23.3 Å². The van der Waals surface area contributed by atoms with Crippen molar-refractivity contribution >= 4 is 11.8 Å². The van der Waals surface area contributed by atoms with Gasteiger partial charge in [0.15, 0.2) is 5.69 Å². The fraction of sp³-hybridized carbons (Fsp3) is 0.500. The molecule has 0 bridgehead atoms. The number of rotatable bonds is 3. The second-order valence-electron chi connectivity index (χ2n) is 3.65. The molecule has 1 fully saturated rings. The number of carboxylic acid groups (broad SMARTS) is 1. The predicted octanol–water partition coefficient (Wildman–Crippen LogP) is 0.766. The van der Waals surface area contributed by atoms with Gasteiger partial charge in [-0.25, -0.2) is 9.78 Å². The summed E-state index contributed by atoms with van der Waals surface area (Å²) in [6, 6.07) is 0.187. The van der Waals surface area contributed by atoms with Crippen molar-refractivity contribution in [2.75, 3.05) is 18.5 Å². The number of ether oxygens (including phenoxy) is 1. The van der Waals surface area contributed by atoms with Crippen LogP contribution in [0.3, 0.4) is 0 Å². The van der Waals surface area contributed by atoms with E-state index in [0.717, 1.165) is 19.4 Å². The van der Waals surface area contributed by atoms with Crippen molar-refractivity contribution in [2.24, 2.45) is 0 Å². The van der Waals surface area contributed by atoms with Crippen molar-refractivity contribution in [1.82, 2.24) is 9.97 Å². The van der Waals surface area contributed by atoms with Gasteiger partial charge in [-0.15, -0.1) is 0 Å². The first-order valence-electron chi connectivity index (χ1n) is 5.15. The molecular formula is C10H13N3O3. The van der Waals surface area contributed by atoms with E-state index in [-0.39, 0.29) is 11.7 Å². The van der Waals surface area contributed by atoms with Crippen LogP contribution in [0.15, 0.2) is 12.4 Å². The third-order valence-electron chi connectivity index (χ3n) is 2.37. The van der Waals surface area contributed by atoms with Gasteiger partial charge in [0, 0.05) is 6.61 Å². The van der Waals surface area contributed by atoms with Crippen molar-refractivity contribution in [2.45, 2.75) is 18.9 Å². The summed E-state index contributed by atoms with van der Waals surface area (Å²) in [6.45, 7) is 1.41. The predicted molar refractivity (Wildman–Crippen MR) is 56.5 cm³/mol. The lowest BCUT2D eigenvalue weighted by atomic mass is 10.1. The maximum atomic E-state index is 10.7. The maximum absolute atomic E-state index is 10.7. The zero-order valence-corrected chi connectivity index (χ0v) is 8.72. The smallest absolute Gasteiger partial charge is 0.356 e. The summed E-state index contributed by atoms with van der Waals surface area (Å²) in [5.41, 5.74) is -0.0540. The number of carboxylic acids is 1. The molecule has 1 aromatic heterocycles. The summed E-state index contributed by atoms with van der Waals surface area (Å²) < 4.78 is 5.30. The quantitative estimate of drug-likeness (QED) is 0.787. The van der Waals surface area contributed by atoms with E-state index in [4.69, 9.17) is 9.84 Å². The van der Waals surface area contributed by atoms with E-state index in [1.54, 1.807) is 0 Å². The Kier molecular flexibility index (Phi) is 3.31. The van der Waals surface area contributed by atoms with Gasteiger partial charge in [-0.1, -0.05) is 0 Å². The Labute approximate surface area is 92.7 Å². The average Bonchev–Trinajstić information content (AvgIpc) is 2.30. The molecule has 6 heteroatoms. The maximum Gasteiger partial charge on any atom is 0.356 e. The second kappa shape index (κ2) is 4.89. The van der Waals surface area contributed by atoms with Gasteiger partial charge in [0.25, 0.3) is 0 Å². The number of carbonyl (C=O) groups is 1. The van der Waals surface area contributed by atoms with Crippen molar-refractivity contribution in [3.05, 3.63) is 18.1 Å².